The summed E-state index contributed by atoms with van der Waals surface area (Å²) in [5, 5.41) is 10.2. The summed E-state index contributed by atoms with van der Waals surface area (Å²) in [6.07, 6.45) is 3.77. The van der Waals surface area contributed by atoms with E-state index in [0.717, 1.165) is 25.7 Å². The number of para-hydroxylation sites is 1. The van der Waals surface area contributed by atoms with Crippen molar-refractivity contribution in [2.75, 3.05) is 6.54 Å². The molecule has 0 saturated carbocycles. The first-order valence-electron chi connectivity index (χ1n) is 9.28. The number of hydrogen-bond donors (Lipinski definition) is 0. The fraction of sp³-hybridized carbons (Fsp3) is 0.556. The van der Waals surface area contributed by atoms with E-state index in [-0.39, 0.29) is 23.5 Å². The highest BCUT2D eigenvalue weighted by Crippen LogP contribution is 2.23. The van der Waals surface area contributed by atoms with E-state index in [1.54, 1.807) is 17.0 Å². The second kappa shape index (κ2) is 8.16. The Hall–Kier alpha value is -2.29. The number of rotatable bonds is 6. The van der Waals surface area contributed by atoms with Crippen molar-refractivity contribution in [1.82, 2.24) is 25.1 Å². The molecule has 1 aromatic carbocycles. The van der Waals surface area contributed by atoms with Gasteiger partial charge < -0.3 is 4.90 Å². The Morgan fingerprint density at radius 1 is 1.26 bits per heavy atom. The van der Waals surface area contributed by atoms with Crippen molar-refractivity contribution in [2.24, 2.45) is 0 Å². The van der Waals surface area contributed by atoms with Crippen LogP contribution in [0.2, 0.25) is 0 Å². The molecule has 2 heterocycles. The summed E-state index contributed by atoms with van der Waals surface area (Å²) in [6, 6.07) is 9.21. The SMILES string of the molecule is CC[C@@H]1CCCCN1C(=O)[C@@H](C)S(=O)(=O)Cc1nnnn1-c1ccccc1. The number of carbonyl (C=O) groups is 1. The third kappa shape index (κ3) is 4.18. The molecule has 0 unspecified atom stereocenters. The van der Waals surface area contributed by atoms with Gasteiger partial charge >= 0.3 is 0 Å². The van der Waals surface area contributed by atoms with Gasteiger partial charge in [-0.05, 0) is 55.2 Å². The number of benzene rings is 1. The standard InChI is InChI=1S/C18H25N5O3S/c1-3-15-9-7-8-12-22(15)18(24)14(2)27(25,26)13-17-19-20-21-23(17)16-10-5-4-6-11-16/h4-6,10-11,14-15H,3,7-9,12-13H2,1-2H3/t14-,15-/m1/s1. The highest BCUT2D eigenvalue weighted by atomic mass is 32.2. The first-order valence-corrected chi connectivity index (χ1v) is 11.0. The average Bonchev–Trinajstić information content (AvgIpc) is 3.14. The number of aromatic nitrogens is 4. The van der Waals surface area contributed by atoms with Crippen molar-refractivity contribution in [3.8, 4) is 5.69 Å². The molecule has 0 bridgehead atoms. The van der Waals surface area contributed by atoms with Crippen molar-refractivity contribution < 1.29 is 13.2 Å². The molecule has 1 aliphatic rings. The number of tetrazole rings is 1. The molecule has 3 rings (SSSR count). The van der Waals surface area contributed by atoms with Crippen LogP contribution in [-0.4, -0.2) is 57.3 Å². The summed E-state index contributed by atoms with van der Waals surface area (Å²) >= 11 is 0. The quantitative estimate of drug-likeness (QED) is 0.744. The smallest absolute Gasteiger partial charge is 0.240 e. The van der Waals surface area contributed by atoms with Crippen LogP contribution in [0.15, 0.2) is 30.3 Å². The summed E-state index contributed by atoms with van der Waals surface area (Å²) in [5.41, 5.74) is 0.675. The fourth-order valence-electron chi connectivity index (χ4n) is 3.47. The molecule has 0 aliphatic carbocycles. The van der Waals surface area contributed by atoms with E-state index in [1.807, 2.05) is 25.1 Å². The van der Waals surface area contributed by atoms with E-state index < -0.39 is 15.1 Å². The lowest BCUT2D eigenvalue weighted by atomic mass is 10.00. The minimum Gasteiger partial charge on any atom is -0.339 e. The number of likely N-dealkylation sites (tertiary alicyclic amines) is 1. The number of hydrogen-bond acceptors (Lipinski definition) is 6. The molecule has 9 heteroatoms. The van der Waals surface area contributed by atoms with E-state index in [4.69, 9.17) is 0 Å². The van der Waals surface area contributed by atoms with Gasteiger partial charge in [0.1, 0.15) is 11.0 Å². The van der Waals surface area contributed by atoms with Crippen LogP contribution in [0.3, 0.4) is 0 Å². The Kier molecular flexibility index (Phi) is 5.88. The Morgan fingerprint density at radius 3 is 2.70 bits per heavy atom. The van der Waals surface area contributed by atoms with E-state index in [2.05, 4.69) is 15.5 Å². The van der Waals surface area contributed by atoms with Gasteiger partial charge in [-0.2, -0.15) is 4.68 Å². The normalized spacial score (nSPS) is 19.0. The molecular formula is C18H25N5O3S. The number of carbonyl (C=O) groups excluding carboxylic acids is 1. The minimum absolute atomic E-state index is 0.124. The summed E-state index contributed by atoms with van der Waals surface area (Å²) in [4.78, 5) is 14.6. The molecule has 0 spiro atoms. The zero-order valence-corrected chi connectivity index (χ0v) is 16.5. The van der Waals surface area contributed by atoms with Crippen LogP contribution in [0.1, 0.15) is 45.4 Å². The number of nitrogens with zero attached hydrogens (tertiary/aromatic N) is 5. The Balaban J connectivity index is 1.79. The lowest BCUT2D eigenvalue weighted by Gasteiger charge is -2.36. The van der Waals surface area contributed by atoms with Gasteiger partial charge in [-0.1, -0.05) is 25.1 Å². The largest absolute Gasteiger partial charge is 0.339 e. The maximum Gasteiger partial charge on any atom is 0.240 e. The summed E-state index contributed by atoms with van der Waals surface area (Å²) in [6.45, 7) is 4.12. The molecule has 1 saturated heterocycles. The lowest BCUT2D eigenvalue weighted by molar-refractivity contribution is -0.134. The molecule has 27 heavy (non-hydrogen) atoms. The molecule has 0 N–H and O–H groups in total. The van der Waals surface area contributed by atoms with Crippen molar-refractivity contribution in [3.63, 3.8) is 0 Å². The van der Waals surface area contributed by atoms with Crippen LogP contribution < -0.4 is 0 Å². The topological polar surface area (TPSA) is 98.1 Å². The highest BCUT2D eigenvalue weighted by Gasteiger charge is 2.36. The molecule has 146 valence electrons. The Bertz CT molecular complexity index is 881. The first kappa shape index (κ1) is 19.5. The van der Waals surface area contributed by atoms with Gasteiger partial charge in [0.25, 0.3) is 0 Å². The monoisotopic (exact) mass is 391 g/mol. The highest BCUT2D eigenvalue weighted by molar-refractivity contribution is 7.92. The third-order valence-corrected chi connectivity index (χ3v) is 7.07. The average molecular weight is 391 g/mol. The number of amides is 1. The molecule has 0 radical (unpaired) electrons. The van der Waals surface area contributed by atoms with Crippen molar-refractivity contribution in [1.29, 1.82) is 0 Å². The second-order valence-corrected chi connectivity index (χ2v) is 9.20. The molecule has 2 atom stereocenters. The fourth-order valence-corrected chi connectivity index (χ4v) is 4.71. The van der Waals surface area contributed by atoms with Crippen molar-refractivity contribution in [2.45, 2.75) is 56.6 Å². The van der Waals surface area contributed by atoms with Gasteiger partial charge in [0.2, 0.25) is 5.91 Å². The van der Waals surface area contributed by atoms with Crippen LogP contribution in [0, 0.1) is 0 Å². The predicted molar refractivity (Wildman–Crippen MR) is 101 cm³/mol. The number of sulfone groups is 1. The molecule has 1 aliphatic heterocycles. The zero-order valence-electron chi connectivity index (χ0n) is 15.7. The van der Waals surface area contributed by atoms with Gasteiger partial charge in [0.05, 0.1) is 5.69 Å². The first-order chi connectivity index (χ1) is 12.9. The van der Waals surface area contributed by atoms with E-state index in [1.165, 1.54) is 11.6 Å². The van der Waals surface area contributed by atoms with E-state index in [9.17, 15) is 13.2 Å². The predicted octanol–water partition coefficient (Wildman–Crippen LogP) is 1.76. The van der Waals surface area contributed by atoms with Crippen LogP contribution in [-0.2, 0) is 20.4 Å². The van der Waals surface area contributed by atoms with Crippen LogP contribution in [0.5, 0.6) is 0 Å². The molecule has 8 nitrogen and oxygen atoms in total. The lowest BCUT2D eigenvalue weighted by Crippen LogP contribution is -2.49. The summed E-state index contributed by atoms with van der Waals surface area (Å²) in [5.74, 6) is -0.501. The van der Waals surface area contributed by atoms with Crippen LogP contribution in [0.4, 0.5) is 0 Å². The third-order valence-electron chi connectivity index (χ3n) is 5.13. The summed E-state index contributed by atoms with van der Waals surface area (Å²) < 4.78 is 27.2. The zero-order chi connectivity index (χ0) is 19.4. The van der Waals surface area contributed by atoms with Gasteiger partial charge in [-0.15, -0.1) is 5.10 Å². The Morgan fingerprint density at radius 2 is 2.00 bits per heavy atom. The minimum atomic E-state index is -3.75. The molecule has 1 aromatic heterocycles. The molecular weight excluding hydrogens is 366 g/mol. The van der Waals surface area contributed by atoms with E-state index in [0.29, 0.717) is 12.2 Å². The molecule has 1 fully saturated rings. The maximum absolute atomic E-state index is 12.9. The molecule has 2 aromatic rings. The number of piperidine rings is 1. The summed E-state index contributed by atoms with van der Waals surface area (Å²) in [7, 11) is -3.75. The van der Waals surface area contributed by atoms with Crippen LogP contribution in [0.25, 0.3) is 5.69 Å². The van der Waals surface area contributed by atoms with Gasteiger partial charge in [0, 0.05) is 12.6 Å². The van der Waals surface area contributed by atoms with E-state index >= 15 is 0 Å². The van der Waals surface area contributed by atoms with Gasteiger partial charge in [-0.25, -0.2) is 8.42 Å². The molecule has 1 amide bonds. The maximum atomic E-state index is 12.9. The Labute approximate surface area is 159 Å². The van der Waals surface area contributed by atoms with Crippen molar-refractivity contribution >= 4 is 15.7 Å². The van der Waals surface area contributed by atoms with Crippen LogP contribution >= 0.6 is 0 Å². The van der Waals surface area contributed by atoms with Crippen molar-refractivity contribution in [3.05, 3.63) is 36.2 Å². The van der Waals surface area contributed by atoms with Gasteiger partial charge in [0.15, 0.2) is 15.7 Å². The van der Waals surface area contributed by atoms with Gasteiger partial charge in [-0.3, -0.25) is 4.79 Å². The second-order valence-electron chi connectivity index (χ2n) is 6.88.